The molecular weight excluding hydrogens is 290 g/mol. The van der Waals surface area contributed by atoms with Crippen LogP contribution in [0.25, 0.3) is 10.9 Å². The molecule has 1 aromatic heterocycles. The van der Waals surface area contributed by atoms with Gasteiger partial charge in [0.1, 0.15) is 5.75 Å². The van der Waals surface area contributed by atoms with Crippen molar-refractivity contribution in [2.45, 2.75) is 13.5 Å². The highest BCUT2D eigenvalue weighted by Crippen LogP contribution is 2.23. The molecule has 0 N–H and O–H groups in total. The number of methoxy groups -OCH3 is 1. The Labute approximate surface area is 135 Å². The zero-order valence-electron chi connectivity index (χ0n) is 13.3. The maximum Gasteiger partial charge on any atom is 0.337 e. The van der Waals surface area contributed by atoms with Gasteiger partial charge in [0, 0.05) is 23.6 Å². The number of hydrogen-bond acceptors (Lipinski definition) is 3. The number of hydrogen-bond donors (Lipinski definition) is 0. The van der Waals surface area contributed by atoms with Gasteiger partial charge in [0.15, 0.2) is 0 Å². The van der Waals surface area contributed by atoms with Gasteiger partial charge in [0.2, 0.25) is 0 Å². The van der Waals surface area contributed by atoms with Gasteiger partial charge in [-0.1, -0.05) is 12.1 Å². The van der Waals surface area contributed by atoms with Crippen LogP contribution in [0.4, 0.5) is 0 Å². The van der Waals surface area contributed by atoms with Crippen molar-refractivity contribution in [2.24, 2.45) is 0 Å². The van der Waals surface area contributed by atoms with E-state index in [4.69, 9.17) is 9.47 Å². The molecule has 0 atom stereocenters. The highest BCUT2D eigenvalue weighted by molar-refractivity contribution is 5.89. The molecule has 118 valence electrons. The lowest BCUT2D eigenvalue weighted by atomic mass is 10.1. The third-order valence-electron chi connectivity index (χ3n) is 3.78. The molecule has 4 heteroatoms. The van der Waals surface area contributed by atoms with E-state index >= 15 is 0 Å². The van der Waals surface area contributed by atoms with Gasteiger partial charge in [0.25, 0.3) is 0 Å². The van der Waals surface area contributed by atoms with Crippen LogP contribution in [0.5, 0.6) is 5.75 Å². The van der Waals surface area contributed by atoms with Gasteiger partial charge >= 0.3 is 5.97 Å². The first-order chi connectivity index (χ1) is 11.2. The van der Waals surface area contributed by atoms with Gasteiger partial charge in [-0.3, -0.25) is 0 Å². The van der Waals surface area contributed by atoms with Gasteiger partial charge < -0.3 is 14.0 Å². The first-order valence-corrected chi connectivity index (χ1v) is 7.60. The number of carbonyl (C=O) groups excluding carboxylic acids is 1. The fourth-order valence-electron chi connectivity index (χ4n) is 2.63. The second-order valence-electron chi connectivity index (χ2n) is 5.29. The number of carbonyl (C=O) groups is 1. The van der Waals surface area contributed by atoms with Crippen molar-refractivity contribution >= 4 is 16.9 Å². The van der Waals surface area contributed by atoms with Crippen molar-refractivity contribution in [2.75, 3.05) is 13.7 Å². The molecule has 0 aliphatic carbocycles. The van der Waals surface area contributed by atoms with E-state index < -0.39 is 0 Å². The Morgan fingerprint density at radius 2 is 1.87 bits per heavy atom. The van der Waals surface area contributed by atoms with Crippen LogP contribution in [0, 0.1) is 0 Å². The Morgan fingerprint density at radius 1 is 1.09 bits per heavy atom. The zero-order chi connectivity index (χ0) is 16.2. The van der Waals surface area contributed by atoms with E-state index in [9.17, 15) is 4.79 Å². The molecule has 0 radical (unpaired) electrons. The highest BCUT2D eigenvalue weighted by Gasteiger charge is 2.06. The number of nitrogens with zero attached hydrogens (tertiary/aromatic N) is 1. The minimum Gasteiger partial charge on any atom is -0.494 e. The van der Waals surface area contributed by atoms with E-state index in [1.54, 1.807) is 12.1 Å². The fourth-order valence-corrected chi connectivity index (χ4v) is 2.63. The van der Waals surface area contributed by atoms with Gasteiger partial charge in [0.05, 0.1) is 19.3 Å². The summed E-state index contributed by atoms with van der Waals surface area (Å²) in [5.74, 6) is 0.576. The Balaban J connectivity index is 1.82. The number of esters is 1. The largest absolute Gasteiger partial charge is 0.494 e. The first kappa shape index (κ1) is 15.2. The van der Waals surface area contributed by atoms with Crippen LogP contribution >= 0.6 is 0 Å². The monoisotopic (exact) mass is 309 g/mol. The van der Waals surface area contributed by atoms with Gasteiger partial charge in [-0.2, -0.15) is 0 Å². The normalized spacial score (nSPS) is 10.7. The number of aromatic nitrogens is 1. The van der Waals surface area contributed by atoms with Crippen LogP contribution in [0.3, 0.4) is 0 Å². The second kappa shape index (κ2) is 6.57. The van der Waals surface area contributed by atoms with Crippen molar-refractivity contribution in [3.05, 3.63) is 65.9 Å². The lowest BCUT2D eigenvalue weighted by molar-refractivity contribution is 0.0600. The van der Waals surface area contributed by atoms with Crippen LogP contribution in [0.1, 0.15) is 22.8 Å². The van der Waals surface area contributed by atoms with E-state index in [-0.39, 0.29) is 5.97 Å². The summed E-state index contributed by atoms with van der Waals surface area (Å²) in [6, 6.07) is 15.7. The molecule has 0 fully saturated rings. The quantitative estimate of drug-likeness (QED) is 0.672. The minimum absolute atomic E-state index is 0.314. The number of fused-ring (bicyclic) bond motifs is 1. The lowest BCUT2D eigenvalue weighted by Crippen LogP contribution is -2.02. The molecule has 4 nitrogen and oxygen atoms in total. The Bertz CT molecular complexity index is 818. The summed E-state index contributed by atoms with van der Waals surface area (Å²) in [4.78, 5) is 11.5. The molecule has 0 saturated heterocycles. The third-order valence-corrected chi connectivity index (χ3v) is 3.78. The molecule has 0 saturated carbocycles. The van der Waals surface area contributed by atoms with Crippen LogP contribution in [-0.2, 0) is 11.3 Å². The summed E-state index contributed by atoms with van der Waals surface area (Å²) in [5.41, 5.74) is 2.85. The van der Waals surface area contributed by atoms with Gasteiger partial charge in [-0.25, -0.2) is 4.79 Å². The standard InChI is InChI=1S/C19H19NO3/c1-3-23-17-8-9-18-16(12-17)10-11-20(18)13-14-4-6-15(7-5-14)19(21)22-2/h4-12H,3,13H2,1-2H3. The Morgan fingerprint density at radius 3 is 2.57 bits per heavy atom. The van der Waals surface area contributed by atoms with Gasteiger partial charge in [-0.15, -0.1) is 0 Å². The molecule has 0 unspecified atom stereocenters. The fraction of sp³-hybridized carbons (Fsp3) is 0.211. The summed E-state index contributed by atoms with van der Waals surface area (Å²) in [5, 5.41) is 1.15. The van der Waals surface area contributed by atoms with E-state index in [1.807, 2.05) is 25.1 Å². The van der Waals surface area contributed by atoms with Gasteiger partial charge in [-0.05, 0) is 48.9 Å². The van der Waals surface area contributed by atoms with Crippen molar-refractivity contribution in [3.63, 3.8) is 0 Å². The van der Waals surface area contributed by atoms with Crippen LogP contribution in [-0.4, -0.2) is 24.3 Å². The smallest absolute Gasteiger partial charge is 0.337 e. The Kier molecular flexibility index (Phi) is 4.33. The maximum atomic E-state index is 11.5. The molecule has 0 spiro atoms. The topological polar surface area (TPSA) is 40.5 Å². The predicted molar refractivity (Wildman–Crippen MR) is 90.0 cm³/mol. The maximum absolute atomic E-state index is 11.5. The van der Waals surface area contributed by atoms with Crippen molar-refractivity contribution < 1.29 is 14.3 Å². The third kappa shape index (κ3) is 3.21. The summed E-state index contributed by atoms with van der Waals surface area (Å²) in [6.45, 7) is 3.39. The number of ether oxygens (including phenoxy) is 2. The summed E-state index contributed by atoms with van der Waals surface area (Å²) < 4.78 is 12.4. The number of benzene rings is 2. The molecule has 1 heterocycles. The average Bonchev–Trinajstić information content (AvgIpc) is 2.97. The number of rotatable bonds is 5. The minimum atomic E-state index is -0.314. The van der Waals surface area contributed by atoms with E-state index in [0.717, 1.165) is 28.8 Å². The van der Waals surface area contributed by atoms with Crippen LogP contribution in [0.2, 0.25) is 0 Å². The second-order valence-corrected chi connectivity index (χ2v) is 5.29. The molecule has 2 aromatic carbocycles. The average molecular weight is 309 g/mol. The Hall–Kier alpha value is -2.75. The molecule has 0 aliphatic heterocycles. The van der Waals surface area contributed by atoms with Crippen molar-refractivity contribution in [1.29, 1.82) is 0 Å². The molecule has 23 heavy (non-hydrogen) atoms. The molecule has 0 aliphatic rings. The summed E-state index contributed by atoms with van der Waals surface area (Å²) in [7, 11) is 1.39. The predicted octanol–water partition coefficient (Wildman–Crippen LogP) is 3.87. The van der Waals surface area contributed by atoms with Crippen molar-refractivity contribution in [1.82, 2.24) is 4.57 Å². The van der Waals surface area contributed by atoms with E-state index in [2.05, 4.69) is 29.0 Å². The zero-order valence-corrected chi connectivity index (χ0v) is 13.3. The van der Waals surface area contributed by atoms with Crippen LogP contribution in [0.15, 0.2) is 54.7 Å². The molecular formula is C19H19NO3. The summed E-state index contributed by atoms with van der Waals surface area (Å²) >= 11 is 0. The molecule has 3 rings (SSSR count). The summed E-state index contributed by atoms with van der Waals surface area (Å²) in [6.07, 6.45) is 2.06. The lowest BCUT2D eigenvalue weighted by Gasteiger charge is -2.08. The highest BCUT2D eigenvalue weighted by atomic mass is 16.5. The molecule has 3 aromatic rings. The molecule has 0 bridgehead atoms. The van der Waals surface area contributed by atoms with E-state index in [0.29, 0.717) is 12.2 Å². The first-order valence-electron chi connectivity index (χ1n) is 7.60. The van der Waals surface area contributed by atoms with E-state index in [1.165, 1.54) is 7.11 Å². The van der Waals surface area contributed by atoms with Crippen LogP contribution < -0.4 is 4.74 Å². The SMILES string of the molecule is CCOc1ccc2c(ccn2Cc2ccc(C(=O)OC)cc2)c1. The molecule has 0 amide bonds. The van der Waals surface area contributed by atoms with Crippen molar-refractivity contribution in [3.8, 4) is 5.75 Å².